The molecule has 21 heavy (non-hydrogen) atoms. The molecule has 0 amide bonds. The highest BCUT2D eigenvalue weighted by Gasteiger charge is 2.25. The van der Waals surface area contributed by atoms with E-state index < -0.39 is 0 Å². The molecular formula is C16H26ClN3O. The van der Waals surface area contributed by atoms with Crippen LogP contribution in [0.4, 0.5) is 0 Å². The molecule has 5 heteroatoms. The third-order valence-electron chi connectivity index (χ3n) is 4.41. The van der Waals surface area contributed by atoms with Crippen LogP contribution in [0.5, 0.6) is 5.75 Å². The van der Waals surface area contributed by atoms with Gasteiger partial charge >= 0.3 is 0 Å². The number of nitrogens with one attached hydrogen (secondary N) is 1. The van der Waals surface area contributed by atoms with E-state index in [-0.39, 0.29) is 0 Å². The van der Waals surface area contributed by atoms with E-state index in [1.165, 1.54) is 5.56 Å². The van der Waals surface area contributed by atoms with Crippen LogP contribution in [-0.4, -0.2) is 63.7 Å². The monoisotopic (exact) mass is 311 g/mol. The summed E-state index contributed by atoms with van der Waals surface area (Å²) in [6.45, 7) is 3.38. The predicted molar refractivity (Wildman–Crippen MR) is 88.3 cm³/mol. The van der Waals surface area contributed by atoms with Crippen molar-refractivity contribution in [1.29, 1.82) is 0 Å². The van der Waals surface area contributed by atoms with Gasteiger partial charge in [0, 0.05) is 31.7 Å². The molecular weight excluding hydrogens is 286 g/mol. The van der Waals surface area contributed by atoms with E-state index in [9.17, 15) is 0 Å². The van der Waals surface area contributed by atoms with Gasteiger partial charge in [-0.15, -0.1) is 0 Å². The second kappa shape index (κ2) is 7.45. The summed E-state index contributed by atoms with van der Waals surface area (Å²) in [6, 6.07) is 6.89. The summed E-state index contributed by atoms with van der Waals surface area (Å²) in [7, 11) is 8.08. The average molecular weight is 312 g/mol. The summed E-state index contributed by atoms with van der Waals surface area (Å²) < 4.78 is 5.33. The Kier molecular flexibility index (Phi) is 5.88. The van der Waals surface area contributed by atoms with Crippen LogP contribution in [-0.2, 0) is 0 Å². The van der Waals surface area contributed by atoms with Crippen LogP contribution in [0.2, 0.25) is 5.02 Å². The van der Waals surface area contributed by atoms with E-state index in [1.807, 2.05) is 19.2 Å². The third-order valence-corrected chi connectivity index (χ3v) is 4.73. The van der Waals surface area contributed by atoms with E-state index in [4.69, 9.17) is 16.3 Å². The second-order valence-corrected chi connectivity index (χ2v) is 6.27. The van der Waals surface area contributed by atoms with Gasteiger partial charge in [0.2, 0.25) is 0 Å². The van der Waals surface area contributed by atoms with Gasteiger partial charge < -0.3 is 19.9 Å². The lowest BCUT2D eigenvalue weighted by molar-refractivity contribution is 0.102. The van der Waals surface area contributed by atoms with Gasteiger partial charge in [-0.2, -0.15) is 0 Å². The Bertz CT molecular complexity index is 469. The minimum Gasteiger partial charge on any atom is -0.495 e. The summed E-state index contributed by atoms with van der Waals surface area (Å²) in [5.74, 6) is 0.739. The Hall–Kier alpha value is -0.810. The molecule has 2 rings (SSSR count). The first kappa shape index (κ1) is 16.6. The zero-order chi connectivity index (χ0) is 15.4. The average Bonchev–Trinajstić information content (AvgIpc) is 2.49. The predicted octanol–water partition coefficient (Wildman–Crippen LogP) is 2.25. The number of likely N-dealkylation sites (N-methyl/N-ethyl adjacent to an activating group) is 2. The zero-order valence-corrected chi connectivity index (χ0v) is 14.2. The maximum absolute atomic E-state index is 6.12. The second-order valence-electron chi connectivity index (χ2n) is 5.87. The molecule has 1 heterocycles. The van der Waals surface area contributed by atoms with Gasteiger partial charge in [0.05, 0.1) is 12.1 Å². The summed E-state index contributed by atoms with van der Waals surface area (Å²) in [6.07, 6.45) is 1.07. The Morgan fingerprint density at radius 2 is 2.14 bits per heavy atom. The number of halogens is 1. The number of hydrogen-bond donors (Lipinski definition) is 1. The van der Waals surface area contributed by atoms with Crippen molar-refractivity contribution in [2.45, 2.75) is 18.5 Å². The molecule has 0 saturated carbocycles. The quantitative estimate of drug-likeness (QED) is 0.902. The van der Waals surface area contributed by atoms with Gasteiger partial charge in [0.25, 0.3) is 0 Å². The van der Waals surface area contributed by atoms with Crippen LogP contribution in [0.1, 0.15) is 18.0 Å². The Labute approximate surface area is 133 Å². The van der Waals surface area contributed by atoms with Gasteiger partial charge in [0.15, 0.2) is 0 Å². The Morgan fingerprint density at radius 1 is 1.38 bits per heavy atom. The molecule has 0 aromatic heterocycles. The molecule has 0 aliphatic carbocycles. The van der Waals surface area contributed by atoms with E-state index >= 15 is 0 Å². The maximum Gasteiger partial charge on any atom is 0.137 e. The fraction of sp³-hybridized carbons (Fsp3) is 0.625. The van der Waals surface area contributed by atoms with Crippen molar-refractivity contribution in [3.05, 3.63) is 28.8 Å². The zero-order valence-electron chi connectivity index (χ0n) is 13.4. The van der Waals surface area contributed by atoms with E-state index in [2.05, 4.69) is 35.3 Å². The molecule has 2 unspecified atom stereocenters. The van der Waals surface area contributed by atoms with Crippen LogP contribution in [0, 0.1) is 0 Å². The smallest absolute Gasteiger partial charge is 0.137 e. The molecule has 1 aliphatic heterocycles. The number of benzene rings is 1. The molecule has 1 aromatic carbocycles. The van der Waals surface area contributed by atoms with E-state index in [1.54, 1.807) is 7.11 Å². The molecule has 1 N–H and O–H groups in total. The van der Waals surface area contributed by atoms with Crippen molar-refractivity contribution < 1.29 is 4.74 Å². The van der Waals surface area contributed by atoms with Gasteiger partial charge in [-0.25, -0.2) is 0 Å². The first-order chi connectivity index (χ1) is 10.0. The number of hydrogen-bond acceptors (Lipinski definition) is 4. The van der Waals surface area contributed by atoms with Crippen LogP contribution < -0.4 is 10.1 Å². The lowest BCUT2D eigenvalue weighted by Gasteiger charge is -2.39. The number of rotatable bonds is 5. The van der Waals surface area contributed by atoms with Crippen molar-refractivity contribution in [2.24, 2.45) is 0 Å². The van der Waals surface area contributed by atoms with Crippen LogP contribution >= 0.6 is 11.6 Å². The molecule has 118 valence electrons. The van der Waals surface area contributed by atoms with Gasteiger partial charge in [0.1, 0.15) is 5.75 Å². The summed E-state index contributed by atoms with van der Waals surface area (Å²) >= 11 is 6.12. The highest BCUT2D eigenvalue weighted by atomic mass is 35.5. The third kappa shape index (κ3) is 4.10. The lowest BCUT2D eigenvalue weighted by Crippen LogP contribution is -2.50. The summed E-state index contributed by atoms with van der Waals surface area (Å²) in [4.78, 5) is 4.86. The van der Waals surface area contributed by atoms with Gasteiger partial charge in [-0.3, -0.25) is 0 Å². The SMILES string of the molecule is CNC(CC1CN(C)CCN1C)c1ccc(Cl)c(OC)c1. The molecule has 0 spiro atoms. The number of ether oxygens (including phenoxy) is 1. The van der Waals surface area contributed by atoms with E-state index in [0.717, 1.165) is 31.8 Å². The maximum atomic E-state index is 6.12. The topological polar surface area (TPSA) is 27.7 Å². The summed E-state index contributed by atoms with van der Waals surface area (Å²) in [5, 5.41) is 4.09. The molecule has 0 radical (unpaired) electrons. The van der Waals surface area contributed by atoms with Crippen molar-refractivity contribution in [2.75, 3.05) is 47.9 Å². The first-order valence-corrected chi connectivity index (χ1v) is 7.82. The lowest BCUT2D eigenvalue weighted by atomic mass is 9.97. The number of piperazine rings is 1. The van der Waals surface area contributed by atoms with Gasteiger partial charge in [-0.1, -0.05) is 17.7 Å². The standard InChI is InChI=1S/C16H26ClN3O/c1-18-15(10-13-11-19(2)7-8-20(13)3)12-5-6-14(17)16(9-12)21-4/h5-6,9,13,15,18H,7-8,10-11H2,1-4H3. The Balaban J connectivity index is 2.12. The van der Waals surface area contributed by atoms with E-state index in [0.29, 0.717) is 17.1 Å². The highest BCUT2D eigenvalue weighted by Crippen LogP contribution is 2.30. The van der Waals surface area contributed by atoms with Crippen molar-refractivity contribution in [1.82, 2.24) is 15.1 Å². The molecule has 1 aliphatic rings. The fourth-order valence-electron chi connectivity index (χ4n) is 2.94. The molecule has 4 nitrogen and oxygen atoms in total. The van der Waals surface area contributed by atoms with Crippen molar-refractivity contribution in [3.63, 3.8) is 0 Å². The van der Waals surface area contributed by atoms with Crippen molar-refractivity contribution in [3.8, 4) is 5.75 Å². The largest absolute Gasteiger partial charge is 0.495 e. The number of methoxy groups -OCH3 is 1. The molecule has 1 aromatic rings. The van der Waals surface area contributed by atoms with Gasteiger partial charge in [-0.05, 0) is 45.3 Å². The minimum atomic E-state index is 0.301. The first-order valence-electron chi connectivity index (χ1n) is 7.44. The fourth-order valence-corrected chi connectivity index (χ4v) is 3.14. The van der Waals surface area contributed by atoms with Crippen molar-refractivity contribution >= 4 is 11.6 Å². The molecule has 0 bridgehead atoms. The van der Waals surface area contributed by atoms with Crippen LogP contribution in [0.3, 0.4) is 0 Å². The number of nitrogens with zero attached hydrogens (tertiary/aromatic N) is 2. The summed E-state index contributed by atoms with van der Waals surface area (Å²) in [5.41, 5.74) is 1.22. The highest BCUT2D eigenvalue weighted by molar-refractivity contribution is 6.32. The Morgan fingerprint density at radius 3 is 2.81 bits per heavy atom. The van der Waals surface area contributed by atoms with Crippen LogP contribution in [0.15, 0.2) is 18.2 Å². The molecule has 1 saturated heterocycles. The normalized spacial score (nSPS) is 22.2. The van der Waals surface area contributed by atoms with Crippen LogP contribution in [0.25, 0.3) is 0 Å². The molecule has 2 atom stereocenters. The molecule has 1 fully saturated rings. The minimum absolute atomic E-state index is 0.301.